The number of hydrogen-bond donors (Lipinski definition) is 1. The summed E-state index contributed by atoms with van der Waals surface area (Å²) in [6.07, 6.45) is 9.39. The van der Waals surface area contributed by atoms with Crippen LogP contribution >= 0.6 is 0 Å². The Kier molecular flexibility index (Phi) is 4.63. The zero-order valence-electron chi connectivity index (χ0n) is 11.8. The molecular formula is C14H21N5. The van der Waals surface area contributed by atoms with Gasteiger partial charge in [0.2, 0.25) is 0 Å². The van der Waals surface area contributed by atoms with Crippen molar-refractivity contribution in [2.75, 3.05) is 6.54 Å². The van der Waals surface area contributed by atoms with Crippen LogP contribution in [0, 0.1) is 0 Å². The van der Waals surface area contributed by atoms with Crippen LogP contribution < -0.4 is 5.32 Å². The maximum absolute atomic E-state index is 4.52. The zero-order valence-corrected chi connectivity index (χ0v) is 11.8. The Balaban J connectivity index is 2.36. The summed E-state index contributed by atoms with van der Waals surface area (Å²) in [5, 5.41) is 8.08. The number of aromatic nitrogens is 4. The minimum atomic E-state index is 0.116. The van der Waals surface area contributed by atoms with Crippen molar-refractivity contribution >= 4 is 0 Å². The van der Waals surface area contributed by atoms with E-state index in [2.05, 4.69) is 40.4 Å². The fourth-order valence-corrected chi connectivity index (χ4v) is 2.22. The summed E-state index contributed by atoms with van der Waals surface area (Å²) in [4.78, 5) is 8.25. The molecular weight excluding hydrogens is 238 g/mol. The minimum absolute atomic E-state index is 0.116. The second-order valence-corrected chi connectivity index (χ2v) is 4.62. The lowest BCUT2D eigenvalue weighted by molar-refractivity contribution is 0.591. The van der Waals surface area contributed by atoms with Crippen LogP contribution in [0.1, 0.15) is 43.1 Å². The highest BCUT2D eigenvalue weighted by atomic mass is 15.3. The molecule has 102 valence electrons. The van der Waals surface area contributed by atoms with Gasteiger partial charge in [-0.15, -0.1) is 0 Å². The van der Waals surface area contributed by atoms with Gasteiger partial charge in [-0.3, -0.25) is 4.68 Å². The van der Waals surface area contributed by atoms with Crippen molar-refractivity contribution in [3.05, 3.63) is 41.7 Å². The Labute approximate surface area is 114 Å². The molecule has 0 aliphatic rings. The molecule has 2 aromatic heterocycles. The third kappa shape index (κ3) is 3.17. The summed E-state index contributed by atoms with van der Waals surface area (Å²) in [5.41, 5.74) is 3.42. The van der Waals surface area contributed by atoms with Crippen molar-refractivity contribution in [1.82, 2.24) is 25.1 Å². The third-order valence-corrected chi connectivity index (χ3v) is 3.10. The fourth-order valence-electron chi connectivity index (χ4n) is 2.22. The van der Waals surface area contributed by atoms with Crippen molar-refractivity contribution in [1.29, 1.82) is 0 Å². The van der Waals surface area contributed by atoms with E-state index in [4.69, 9.17) is 0 Å². The van der Waals surface area contributed by atoms with Crippen LogP contribution in [0.15, 0.2) is 24.9 Å². The van der Waals surface area contributed by atoms with Crippen LogP contribution in [0.5, 0.6) is 0 Å². The standard InChI is InChI=1S/C14H21N5/c1-4-6-17-14(11-7-15-10-16-8-11)12-9-19(3)18-13(12)5-2/h7-10,14,17H,4-6H2,1-3H3. The molecule has 0 bridgehead atoms. The molecule has 1 N–H and O–H groups in total. The van der Waals surface area contributed by atoms with Crippen molar-refractivity contribution < 1.29 is 0 Å². The predicted molar refractivity (Wildman–Crippen MR) is 74.8 cm³/mol. The maximum Gasteiger partial charge on any atom is 0.115 e. The van der Waals surface area contributed by atoms with Gasteiger partial charge in [0, 0.05) is 36.8 Å². The lowest BCUT2D eigenvalue weighted by Gasteiger charge is -2.18. The normalized spacial score (nSPS) is 12.6. The van der Waals surface area contributed by atoms with E-state index in [1.807, 2.05) is 24.1 Å². The average molecular weight is 259 g/mol. The van der Waals surface area contributed by atoms with Gasteiger partial charge in [0.1, 0.15) is 6.33 Å². The first kappa shape index (κ1) is 13.7. The van der Waals surface area contributed by atoms with Crippen molar-refractivity contribution in [2.24, 2.45) is 7.05 Å². The Hall–Kier alpha value is -1.75. The maximum atomic E-state index is 4.52. The molecule has 0 radical (unpaired) electrons. The molecule has 0 saturated heterocycles. The van der Waals surface area contributed by atoms with Gasteiger partial charge in [0.25, 0.3) is 0 Å². The minimum Gasteiger partial charge on any atom is -0.306 e. The van der Waals surface area contributed by atoms with Crippen LogP contribution in [-0.4, -0.2) is 26.3 Å². The molecule has 0 aliphatic heterocycles. The van der Waals surface area contributed by atoms with Gasteiger partial charge in [-0.1, -0.05) is 13.8 Å². The summed E-state index contributed by atoms with van der Waals surface area (Å²) < 4.78 is 1.87. The Morgan fingerprint density at radius 1 is 1.26 bits per heavy atom. The van der Waals surface area contributed by atoms with E-state index in [0.29, 0.717) is 0 Å². The molecule has 0 amide bonds. The van der Waals surface area contributed by atoms with Crippen LogP contribution in [0.2, 0.25) is 0 Å². The van der Waals surface area contributed by atoms with E-state index in [9.17, 15) is 0 Å². The molecule has 0 saturated carbocycles. The van der Waals surface area contributed by atoms with Gasteiger partial charge in [-0.05, 0) is 19.4 Å². The van der Waals surface area contributed by atoms with Gasteiger partial charge in [-0.2, -0.15) is 5.10 Å². The van der Waals surface area contributed by atoms with Gasteiger partial charge in [-0.25, -0.2) is 9.97 Å². The summed E-state index contributed by atoms with van der Waals surface area (Å²) in [7, 11) is 1.96. The summed E-state index contributed by atoms with van der Waals surface area (Å²) in [6, 6.07) is 0.116. The zero-order chi connectivity index (χ0) is 13.7. The first-order chi connectivity index (χ1) is 9.26. The lowest BCUT2D eigenvalue weighted by Crippen LogP contribution is -2.24. The van der Waals surface area contributed by atoms with Crippen molar-refractivity contribution in [2.45, 2.75) is 32.7 Å². The van der Waals surface area contributed by atoms with Gasteiger partial charge in [0.15, 0.2) is 0 Å². The number of nitrogens with zero attached hydrogens (tertiary/aromatic N) is 4. The quantitative estimate of drug-likeness (QED) is 0.860. The average Bonchev–Trinajstić information content (AvgIpc) is 2.81. The van der Waals surface area contributed by atoms with Crippen LogP contribution in [0.3, 0.4) is 0 Å². The van der Waals surface area contributed by atoms with E-state index >= 15 is 0 Å². The van der Waals surface area contributed by atoms with E-state index in [1.54, 1.807) is 6.33 Å². The van der Waals surface area contributed by atoms with E-state index < -0.39 is 0 Å². The monoisotopic (exact) mass is 259 g/mol. The molecule has 0 aliphatic carbocycles. The number of aryl methyl sites for hydroxylation is 2. The number of rotatable bonds is 6. The SMILES string of the molecule is CCCNC(c1cncnc1)c1cn(C)nc1CC. The predicted octanol–water partition coefficient (Wildman–Crippen LogP) is 1.86. The van der Waals surface area contributed by atoms with Crippen LogP contribution in [-0.2, 0) is 13.5 Å². The first-order valence-electron chi connectivity index (χ1n) is 6.77. The smallest absolute Gasteiger partial charge is 0.115 e. The number of hydrogen-bond acceptors (Lipinski definition) is 4. The molecule has 1 atom stereocenters. The molecule has 0 aromatic carbocycles. The molecule has 0 fully saturated rings. The van der Waals surface area contributed by atoms with E-state index in [0.717, 1.165) is 30.6 Å². The molecule has 19 heavy (non-hydrogen) atoms. The van der Waals surface area contributed by atoms with E-state index in [1.165, 1.54) is 5.56 Å². The second-order valence-electron chi connectivity index (χ2n) is 4.62. The largest absolute Gasteiger partial charge is 0.306 e. The third-order valence-electron chi connectivity index (χ3n) is 3.10. The highest BCUT2D eigenvalue weighted by Crippen LogP contribution is 2.23. The van der Waals surface area contributed by atoms with Crippen molar-refractivity contribution in [3.63, 3.8) is 0 Å². The molecule has 0 spiro atoms. The summed E-state index contributed by atoms with van der Waals surface area (Å²) in [5.74, 6) is 0. The molecule has 5 heteroatoms. The van der Waals surface area contributed by atoms with Crippen molar-refractivity contribution in [3.8, 4) is 0 Å². The summed E-state index contributed by atoms with van der Waals surface area (Å²) in [6.45, 7) is 5.25. The highest BCUT2D eigenvalue weighted by Gasteiger charge is 2.19. The van der Waals surface area contributed by atoms with Gasteiger partial charge in [0.05, 0.1) is 11.7 Å². The van der Waals surface area contributed by atoms with Crippen LogP contribution in [0.25, 0.3) is 0 Å². The molecule has 2 rings (SSSR count). The first-order valence-corrected chi connectivity index (χ1v) is 6.77. The van der Waals surface area contributed by atoms with Crippen LogP contribution in [0.4, 0.5) is 0 Å². The molecule has 1 unspecified atom stereocenters. The Morgan fingerprint density at radius 2 is 2.00 bits per heavy atom. The number of nitrogens with one attached hydrogen (secondary N) is 1. The highest BCUT2D eigenvalue weighted by molar-refractivity contribution is 5.30. The molecule has 2 heterocycles. The molecule has 2 aromatic rings. The Morgan fingerprint density at radius 3 is 2.63 bits per heavy atom. The topological polar surface area (TPSA) is 55.6 Å². The molecule has 5 nitrogen and oxygen atoms in total. The van der Waals surface area contributed by atoms with Gasteiger partial charge < -0.3 is 5.32 Å². The fraction of sp³-hybridized carbons (Fsp3) is 0.500. The lowest BCUT2D eigenvalue weighted by atomic mass is 10.0. The van der Waals surface area contributed by atoms with Gasteiger partial charge >= 0.3 is 0 Å². The second kappa shape index (κ2) is 6.43. The van der Waals surface area contributed by atoms with E-state index in [-0.39, 0.29) is 6.04 Å². The Bertz CT molecular complexity index is 506. The summed E-state index contributed by atoms with van der Waals surface area (Å²) >= 11 is 0.